The lowest BCUT2D eigenvalue weighted by Gasteiger charge is -2.25. The van der Waals surface area contributed by atoms with E-state index in [2.05, 4.69) is 26.8 Å². The number of carbonyl (C=O) groups excluding carboxylic acids is 2. The van der Waals surface area contributed by atoms with Gasteiger partial charge in [0.15, 0.2) is 5.65 Å². The number of fused-ring (bicyclic) bond motifs is 1. The van der Waals surface area contributed by atoms with Crippen molar-refractivity contribution >= 4 is 28.8 Å². The Morgan fingerprint density at radius 1 is 1.56 bits per heavy atom. The Morgan fingerprint density at radius 3 is 3.08 bits per heavy atom. The summed E-state index contributed by atoms with van der Waals surface area (Å²) in [4.78, 5) is 39.6. The lowest BCUT2D eigenvalue weighted by atomic mass is 10.2. The van der Waals surface area contributed by atoms with Gasteiger partial charge in [-0.2, -0.15) is 0 Å². The minimum absolute atomic E-state index is 0.0541. The number of H-pyrrole nitrogens is 1. The van der Waals surface area contributed by atoms with Gasteiger partial charge in [0, 0.05) is 38.9 Å². The normalized spacial score (nSPS) is 16.9. The second-order valence-corrected chi connectivity index (χ2v) is 6.03. The van der Waals surface area contributed by atoms with Crippen molar-refractivity contribution in [3.63, 3.8) is 0 Å². The van der Waals surface area contributed by atoms with Crippen molar-refractivity contribution in [3.05, 3.63) is 30.6 Å². The highest BCUT2D eigenvalue weighted by molar-refractivity contribution is 6.04. The van der Waals surface area contributed by atoms with E-state index in [0.717, 1.165) is 6.42 Å². The quantitative estimate of drug-likeness (QED) is 0.789. The first-order valence-corrected chi connectivity index (χ1v) is 8.31. The number of hydrogen-bond acceptors (Lipinski definition) is 5. The van der Waals surface area contributed by atoms with E-state index in [1.54, 1.807) is 17.3 Å². The van der Waals surface area contributed by atoms with Crippen molar-refractivity contribution in [1.82, 2.24) is 25.2 Å². The van der Waals surface area contributed by atoms with Crippen LogP contribution in [0.2, 0.25) is 0 Å². The third kappa shape index (κ3) is 3.19. The van der Waals surface area contributed by atoms with Gasteiger partial charge in [-0.05, 0) is 19.4 Å². The van der Waals surface area contributed by atoms with Crippen molar-refractivity contribution in [2.24, 2.45) is 0 Å². The number of likely N-dealkylation sites (N-methyl/N-ethyl adjacent to an activating group) is 1. The molecule has 1 atom stereocenters. The second kappa shape index (κ2) is 6.92. The molecule has 0 spiro atoms. The van der Waals surface area contributed by atoms with Gasteiger partial charge in [0.05, 0.1) is 11.8 Å². The molecule has 0 saturated carbocycles. The highest BCUT2D eigenvalue weighted by atomic mass is 16.2. The predicted molar refractivity (Wildman–Crippen MR) is 95.5 cm³/mol. The summed E-state index contributed by atoms with van der Waals surface area (Å²) >= 11 is 0. The van der Waals surface area contributed by atoms with Crippen LogP contribution in [-0.4, -0.2) is 64.4 Å². The number of aromatic nitrogens is 3. The van der Waals surface area contributed by atoms with Crippen LogP contribution in [0.1, 0.15) is 23.7 Å². The SMILES string of the molecule is C=CC(=O)N1CC[C@@H](N(C)c2cnc3[nH]cc(C(=O)NCC)c3n2)C1. The number of anilines is 1. The summed E-state index contributed by atoms with van der Waals surface area (Å²) in [7, 11) is 1.93. The van der Waals surface area contributed by atoms with E-state index in [9.17, 15) is 9.59 Å². The molecule has 1 saturated heterocycles. The Balaban J connectivity index is 1.83. The Bertz CT molecular complexity index is 815. The molecule has 2 amide bonds. The molecule has 3 rings (SSSR count). The van der Waals surface area contributed by atoms with E-state index >= 15 is 0 Å². The average molecular weight is 342 g/mol. The molecule has 1 aliphatic rings. The summed E-state index contributed by atoms with van der Waals surface area (Å²) in [6.45, 7) is 7.27. The molecule has 0 unspecified atom stereocenters. The molecule has 0 bridgehead atoms. The second-order valence-electron chi connectivity index (χ2n) is 6.03. The Morgan fingerprint density at radius 2 is 2.36 bits per heavy atom. The molecule has 8 heteroatoms. The van der Waals surface area contributed by atoms with Crippen molar-refractivity contribution in [1.29, 1.82) is 0 Å². The maximum absolute atomic E-state index is 12.1. The first kappa shape index (κ1) is 16.9. The predicted octanol–water partition coefficient (Wildman–Crippen LogP) is 0.931. The largest absolute Gasteiger partial charge is 0.354 e. The van der Waals surface area contributed by atoms with Gasteiger partial charge in [-0.1, -0.05) is 6.58 Å². The van der Waals surface area contributed by atoms with E-state index in [1.165, 1.54) is 6.08 Å². The number of hydrogen-bond donors (Lipinski definition) is 2. The standard InChI is InChI=1S/C17H22N6O2/c1-4-14(24)23-7-6-11(10-23)22(3)13-9-20-16-15(21-13)12(8-19-16)17(25)18-5-2/h4,8-9,11H,1,5-7,10H2,2-3H3,(H,18,25)(H,19,20)/t11-/m1/s1. The molecule has 2 aromatic rings. The molecule has 8 nitrogen and oxygen atoms in total. The number of carbonyl (C=O) groups is 2. The van der Waals surface area contributed by atoms with Crippen LogP contribution in [-0.2, 0) is 4.79 Å². The summed E-state index contributed by atoms with van der Waals surface area (Å²) in [5.74, 6) is 0.448. The number of likely N-dealkylation sites (tertiary alicyclic amines) is 1. The van der Waals surface area contributed by atoms with Crippen LogP contribution in [0.5, 0.6) is 0 Å². The fourth-order valence-electron chi connectivity index (χ4n) is 3.06. The van der Waals surface area contributed by atoms with Crippen LogP contribution < -0.4 is 10.2 Å². The lowest BCUT2D eigenvalue weighted by molar-refractivity contribution is -0.125. The molecule has 2 aromatic heterocycles. The fourth-order valence-corrected chi connectivity index (χ4v) is 3.06. The molecule has 0 radical (unpaired) electrons. The molecule has 0 aromatic carbocycles. The van der Waals surface area contributed by atoms with Crippen molar-refractivity contribution in [2.45, 2.75) is 19.4 Å². The zero-order valence-corrected chi connectivity index (χ0v) is 14.5. The van der Waals surface area contributed by atoms with E-state index in [0.29, 0.717) is 42.2 Å². The molecule has 2 N–H and O–H groups in total. The van der Waals surface area contributed by atoms with Gasteiger partial charge in [-0.25, -0.2) is 9.97 Å². The third-order valence-corrected chi connectivity index (χ3v) is 4.51. The van der Waals surface area contributed by atoms with Crippen LogP contribution in [0.15, 0.2) is 25.0 Å². The number of nitrogens with zero attached hydrogens (tertiary/aromatic N) is 4. The Kier molecular flexibility index (Phi) is 4.69. The van der Waals surface area contributed by atoms with E-state index in [4.69, 9.17) is 0 Å². The molecule has 25 heavy (non-hydrogen) atoms. The summed E-state index contributed by atoms with van der Waals surface area (Å²) in [6, 6.07) is 0.155. The van der Waals surface area contributed by atoms with E-state index < -0.39 is 0 Å². The zero-order chi connectivity index (χ0) is 18.0. The first-order chi connectivity index (χ1) is 12.0. The Labute approximate surface area is 145 Å². The molecule has 0 aliphatic carbocycles. The third-order valence-electron chi connectivity index (χ3n) is 4.51. The number of aromatic amines is 1. The molecule has 1 fully saturated rings. The highest BCUT2D eigenvalue weighted by Gasteiger charge is 2.29. The Hall–Kier alpha value is -2.90. The minimum Gasteiger partial charge on any atom is -0.354 e. The van der Waals surface area contributed by atoms with Gasteiger partial charge >= 0.3 is 0 Å². The van der Waals surface area contributed by atoms with Crippen LogP contribution >= 0.6 is 0 Å². The summed E-state index contributed by atoms with van der Waals surface area (Å²) in [6.07, 6.45) is 5.50. The average Bonchev–Trinajstić information content (AvgIpc) is 3.27. The fraction of sp³-hybridized carbons (Fsp3) is 0.412. The lowest BCUT2D eigenvalue weighted by Crippen LogP contribution is -2.36. The van der Waals surface area contributed by atoms with Crippen LogP contribution in [0.3, 0.4) is 0 Å². The van der Waals surface area contributed by atoms with Crippen molar-refractivity contribution < 1.29 is 9.59 Å². The van der Waals surface area contributed by atoms with Crippen LogP contribution in [0.25, 0.3) is 11.2 Å². The molecule has 132 valence electrons. The summed E-state index contributed by atoms with van der Waals surface area (Å²) in [5, 5.41) is 2.77. The van der Waals surface area contributed by atoms with Gasteiger partial charge in [0.2, 0.25) is 5.91 Å². The van der Waals surface area contributed by atoms with Crippen molar-refractivity contribution in [3.8, 4) is 0 Å². The maximum atomic E-state index is 12.1. The molecule has 3 heterocycles. The van der Waals surface area contributed by atoms with E-state index in [1.807, 2.05) is 18.9 Å². The minimum atomic E-state index is -0.175. The summed E-state index contributed by atoms with van der Waals surface area (Å²) < 4.78 is 0. The molecular weight excluding hydrogens is 320 g/mol. The number of nitrogens with one attached hydrogen (secondary N) is 2. The molecular formula is C17H22N6O2. The monoisotopic (exact) mass is 342 g/mol. The van der Waals surface area contributed by atoms with Crippen LogP contribution in [0, 0.1) is 0 Å². The summed E-state index contributed by atoms with van der Waals surface area (Å²) in [5.41, 5.74) is 1.61. The van der Waals surface area contributed by atoms with Crippen LogP contribution in [0.4, 0.5) is 5.82 Å². The highest BCUT2D eigenvalue weighted by Crippen LogP contribution is 2.22. The van der Waals surface area contributed by atoms with Gasteiger partial charge in [0.25, 0.3) is 5.91 Å². The van der Waals surface area contributed by atoms with E-state index in [-0.39, 0.29) is 17.9 Å². The number of amides is 2. The topological polar surface area (TPSA) is 94.2 Å². The van der Waals surface area contributed by atoms with Gasteiger partial charge in [-0.3, -0.25) is 9.59 Å². The van der Waals surface area contributed by atoms with Gasteiger partial charge in [0.1, 0.15) is 11.3 Å². The van der Waals surface area contributed by atoms with Crippen molar-refractivity contribution in [2.75, 3.05) is 31.6 Å². The zero-order valence-electron chi connectivity index (χ0n) is 14.5. The van der Waals surface area contributed by atoms with Gasteiger partial charge < -0.3 is 20.1 Å². The maximum Gasteiger partial charge on any atom is 0.255 e. The molecule has 1 aliphatic heterocycles. The number of rotatable bonds is 5. The first-order valence-electron chi connectivity index (χ1n) is 8.31. The van der Waals surface area contributed by atoms with Gasteiger partial charge in [-0.15, -0.1) is 0 Å². The smallest absolute Gasteiger partial charge is 0.255 e.